The number of pyridine rings is 1. The van der Waals surface area contributed by atoms with E-state index in [-0.39, 0.29) is 6.04 Å². The standard InChI is InChI=1S/C14H17N3S2/c1-9(2)13(11-4-3-7-19-11)17-12-6-5-10(8-16-12)14(15)18/h3-9,13H,1-2H3,(H2,15,18)(H,16,17). The van der Waals surface area contributed by atoms with E-state index in [0.717, 1.165) is 11.4 Å². The lowest BCUT2D eigenvalue weighted by atomic mass is 10.0. The number of anilines is 1. The van der Waals surface area contributed by atoms with Crippen LogP contribution in [0.25, 0.3) is 0 Å². The zero-order valence-corrected chi connectivity index (χ0v) is 12.6. The van der Waals surface area contributed by atoms with Gasteiger partial charge in [0.25, 0.3) is 0 Å². The average molecular weight is 291 g/mol. The van der Waals surface area contributed by atoms with E-state index in [0.29, 0.717) is 10.9 Å². The second-order valence-electron chi connectivity index (χ2n) is 4.68. The van der Waals surface area contributed by atoms with E-state index in [1.54, 1.807) is 17.5 Å². The van der Waals surface area contributed by atoms with Crippen LogP contribution in [-0.4, -0.2) is 9.97 Å². The van der Waals surface area contributed by atoms with Crippen LogP contribution in [0.1, 0.15) is 30.3 Å². The van der Waals surface area contributed by atoms with Crippen LogP contribution in [0, 0.1) is 5.92 Å². The first-order chi connectivity index (χ1) is 9.08. The topological polar surface area (TPSA) is 50.9 Å². The fourth-order valence-electron chi connectivity index (χ4n) is 1.82. The molecule has 19 heavy (non-hydrogen) atoms. The molecule has 0 aliphatic heterocycles. The average Bonchev–Trinajstić information content (AvgIpc) is 2.89. The maximum atomic E-state index is 5.56. The number of nitrogens with zero attached hydrogens (tertiary/aromatic N) is 1. The Labute approximate surface area is 122 Å². The monoisotopic (exact) mass is 291 g/mol. The second kappa shape index (κ2) is 6.12. The molecule has 0 radical (unpaired) electrons. The Balaban J connectivity index is 2.16. The molecule has 0 aliphatic rings. The Morgan fingerprint density at radius 2 is 2.16 bits per heavy atom. The van der Waals surface area contributed by atoms with Crippen molar-refractivity contribution in [1.29, 1.82) is 0 Å². The molecule has 0 fully saturated rings. The van der Waals surface area contributed by atoms with Gasteiger partial charge >= 0.3 is 0 Å². The molecular weight excluding hydrogens is 274 g/mol. The number of nitrogens with one attached hydrogen (secondary N) is 1. The quantitative estimate of drug-likeness (QED) is 0.827. The maximum absolute atomic E-state index is 5.56. The zero-order valence-electron chi connectivity index (χ0n) is 11.0. The fraction of sp³-hybridized carbons (Fsp3) is 0.286. The van der Waals surface area contributed by atoms with Crippen molar-refractivity contribution in [3.05, 3.63) is 46.3 Å². The number of hydrogen-bond acceptors (Lipinski definition) is 4. The molecule has 0 bridgehead atoms. The normalized spacial score (nSPS) is 12.4. The molecule has 0 saturated carbocycles. The summed E-state index contributed by atoms with van der Waals surface area (Å²) in [5.41, 5.74) is 6.35. The minimum atomic E-state index is 0.267. The van der Waals surface area contributed by atoms with Crippen molar-refractivity contribution in [1.82, 2.24) is 4.98 Å². The van der Waals surface area contributed by atoms with Crippen LogP contribution < -0.4 is 11.1 Å². The van der Waals surface area contributed by atoms with Gasteiger partial charge in [0, 0.05) is 16.6 Å². The molecule has 3 N–H and O–H groups in total. The molecule has 2 rings (SSSR count). The van der Waals surface area contributed by atoms with E-state index in [4.69, 9.17) is 18.0 Å². The number of hydrogen-bond donors (Lipinski definition) is 2. The molecule has 0 aromatic carbocycles. The molecule has 2 aromatic heterocycles. The van der Waals surface area contributed by atoms with Crippen LogP contribution in [0.2, 0.25) is 0 Å². The van der Waals surface area contributed by atoms with Crippen molar-refractivity contribution in [2.75, 3.05) is 5.32 Å². The Morgan fingerprint density at radius 3 is 2.63 bits per heavy atom. The van der Waals surface area contributed by atoms with E-state index < -0.39 is 0 Å². The van der Waals surface area contributed by atoms with Gasteiger partial charge < -0.3 is 11.1 Å². The van der Waals surface area contributed by atoms with Gasteiger partial charge in [0.2, 0.25) is 0 Å². The summed E-state index contributed by atoms with van der Waals surface area (Å²) >= 11 is 6.67. The van der Waals surface area contributed by atoms with Gasteiger partial charge in [-0.2, -0.15) is 0 Å². The van der Waals surface area contributed by atoms with Crippen LogP contribution in [0.5, 0.6) is 0 Å². The molecule has 5 heteroatoms. The Bertz CT molecular complexity index is 532. The van der Waals surface area contributed by atoms with E-state index in [9.17, 15) is 0 Å². The molecule has 100 valence electrons. The molecule has 0 spiro atoms. The van der Waals surface area contributed by atoms with E-state index in [1.165, 1.54) is 4.88 Å². The van der Waals surface area contributed by atoms with Gasteiger partial charge in [-0.15, -0.1) is 11.3 Å². The molecule has 0 aliphatic carbocycles. The van der Waals surface area contributed by atoms with Gasteiger partial charge in [0.05, 0.1) is 6.04 Å². The number of thiophene rings is 1. The predicted octanol–water partition coefficient (Wildman–Crippen LogP) is 3.59. The van der Waals surface area contributed by atoms with Gasteiger partial charge in [0.15, 0.2) is 0 Å². The summed E-state index contributed by atoms with van der Waals surface area (Å²) in [7, 11) is 0. The van der Waals surface area contributed by atoms with Gasteiger partial charge in [-0.1, -0.05) is 32.1 Å². The molecular formula is C14H17N3S2. The van der Waals surface area contributed by atoms with Crippen LogP contribution >= 0.6 is 23.6 Å². The first-order valence-electron chi connectivity index (χ1n) is 6.13. The van der Waals surface area contributed by atoms with Gasteiger partial charge in [-0.25, -0.2) is 4.98 Å². The minimum absolute atomic E-state index is 0.267. The van der Waals surface area contributed by atoms with Crippen molar-refractivity contribution in [2.45, 2.75) is 19.9 Å². The highest BCUT2D eigenvalue weighted by Gasteiger charge is 2.16. The molecule has 3 nitrogen and oxygen atoms in total. The Morgan fingerprint density at radius 1 is 1.37 bits per heavy atom. The SMILES string of the molecule is CC(C)C(Nc1ccc(C(N)=S)cn1)c1cccs1. The lowest BCUT2D eigenvalue weighted by molar-refractivity contribution is 0.552. The summed E-state index contributed by atoms with van der Waals surface area (Å²) in [6, 6.07) is 8.29. The van der Waals surface area contributed by atoms with Crippen molar-refractivity contribution >= 4 is 34.4 Å². The number of rotatable bonds is 5. The van der Waals surface area contributed by atoms with Gasteiger partial charge in [-0.05, 0) is 29.5 Å². The van der Waals surface area contributed by atoms with Gasteiger partial charge in [-0.3, -0.25) is 0 Å². The largest absolute Gasteiger partial charge is 0.389 e. The molecule has 0 amide bonds. The van der Waals surface area contributed by atoms with Crippen LogP contribution in [-0.2, 0) is 0 Å². The maximum Gasteiger partial charge on any atom is 0.126 e. The third-order valence-electron chi connectivity index (χ3n) is 2.87. The zero-order chi connectivity index (χ0) is 13.8. The summed E-state index contributed by atoms with van der Waals surface area (Å²) in [5.74, 6) is 1.32. The number of thiocarbonyl (C=S) groups is 1. The molecule has 2 aromatic rings. The lowest BCUT2D eigenvalue weighted by Crippen LogP contribution is -2.17. The van der Waals surface area contributed by atoms with E-state index >= 15 is 0 Å². The van der Waals surface area contributed by atoms with E-state index in [1.807, 2.05) is 12.1 Å². The summed E-state index contributed by atoms with van der Waals surface area (Å²) in [6.45, 7) is 4.39. The van der Waals surface area contributed by atoms with Crippen molar-refractivity contribution in [3.63, 3.8) is 0 Å². The lowest BCUT2D eigenvalue weighted by Gasteiger charge is -2.21. The highest BCUT2D eigenvalue weighted by atomic mass is 32.1. The summed E-state index contributed by atoms with van der Waals surface area (Å²) in [4.78, 5) is 6.05. The van der Waals surface area contributed by atoms with Crippen LogP contribution in [0.4, 0.5) is 5.82 Å². The highest BCUT2D eigenvalue weighted by Crippen LogP contribution is 2.28. The predicted molar refractivity (Wildman–Crippen MR) is 85.6 cm³/mol. The minimum Gasteiger partial charge on any atom is -0.389 e. The first kappa shape index (κ1) is 14.0. The second-order valence-corrected chi connectivity index (χ2v) is 6.10. The molecule has 1 atom stereocenters. The van der Waals surface area contributed by atoms with Crippen molar-refractivity contribution in [3.8, 4) is 0 Å². The third-order valence-corrected chi connectivity index (χ3v) is 4.06. The highest BCUT2D eigenvalue weighted by molar-refractivity contribution is 7.80. The molecule has 1 unspecified atom stereocenters. The fourth-order valence-corrected chi connectivity index (χ4v) is 2.89. The van der Waals surface area contributed by atoms with Gasteiger partial charge in [0.1, 0.15) is 10.8 Å². The molecule has 2 heterocycles. The van der Waals surface area contributed by atoms with E-state index in [2.05, 4.69) is 41.7 Å². The van der Waals surface area contributed by atoms with Crippen LogP contribution in [0.15, 0.2) is 35.8 Å². The molecule has 0 saturated heterocycles. The van der Waals surface area contributed by atoms with Crippen molar-refractivity contribution in [2.24, 2.45) is 11.7 Å². The van der Waals surface area contributed by atoms with Crippen LogP contribution in [0.3, 0.4) is 0 Å². The number of aromatic nitrogens is 1. The summed E-state index contributed by atoms with van der Waals surface area (Å²) < 4.78 is 0. The summed E-state index contributed by atoms with van der Waals surface area (Å²) in [6.07, 6.45) is 1.70. The Hall–Kier alpha value is -1.46. The smallest absolute Gasteiger partial charge is 0.126 e. The first-order valence-corrected chi connectivity index (χ1v) is 7.42. The summed E-state index contributed by atoms with van der Waals surface area (Å²) in [5, 5.41) is 5.56. The third kappa shape index (κ3) is 3.52. The number of nitrogens with two attached hydrogens (primary N) is 1. The van der Waals surface area contributed by atoms with Crippen molar-refractivity contribution < 1.29 is 0 Å². The Kier molecular flexibility index (Phi) is 4.50.